The van der Waals surface area contributed by atoms with Crippen molar-refractivity contribution in [3.8, 4) is 0 Å². The molecule has 0 aromatic heterocycles. The summed E-state index contributed by atoms with van der Waals surface area (Å²) in [5.41, 5.74) is 1.66. The third kappa shape index (κ3) is 6.66. The lowest BCUT2D eigenvalue weighted by Crippen LogP contribution is -2.21. The van der Waals surface area contributed by atoms with E-state index in [1.807, 2.05) is 13.0 Å². The Morgan fingerprint density at radius 1 is 1.21 bits per heavy atom. The van der Waals surface area contributed by atoms with E-state index in [1.54, 1.807) is 6.07 Å². The minimum atomic E-state index is -0.218. The van der Waals surface area contributed by atoms with E-state index in [4.69, 9.17) is 9.47 Å². The molecule has 1 N–H and O–H groups in total. The molecule has 1 aromatic rings. The lowest BCUT2D eigenvalue weighted by Gasteiger charge is -2.10. The van der Waals surface area contributed by atoms with Crippen molar-refractivity contribution in [1.82, 2.24) is 5.32 Å². The lowest BCUT2D eigenvalue weighted by molar-refractivity contribution is 0.0443. The average molecular weight is 269 g/mol. The average Bonchev–Trinajstić information content (AvgIpc) is 2.39. The highest BCUT2D eigenvalue weighted by molar-refractivity contribution is 5.24. The molecule has 0 fully saturated rings. The van der Waals surface area contributed by atoms with Gasteiger partial charge in [0.05, 0.1) is 19.8 Å². The van der Waals surface area contributed by atoms with Crippen LogP contribution in [0.2, 0.25) is 0 Å². The second-order valence-corrected chi connectivity index (χ2v) is 4.71. The number of benzene rings is 1. The van der Waals surface area contributed by atoms with Crippen LogP contribution in [0, 0.1) is 5.82 Å². The Kier molecular flexibility index (Phi) is 7.63. The van der Waals surface area contributed by atoms with Crippen LogP contribution in [0.25, 0.3) is 0 Å². The zero-order valence-corrected chi connectivity index (χ0v) is 12.0. The molecule has 0 bridgehead atoms. The molecule has 0 amide bonds. The van der Waals surface area contributed by atoms with Crippen molar-refractivity contribution in [2.75, 3.05) is 19.8 Å². The van der Waals surface area contributed by atoms with E-state index in [-0.39, 0.29) is 12.4 Å². The second-order valence-electron chi connectivity index (χ2n) is 4.71. The number of nitrogens with one attached hydrogen (secondary N) is 1. The van der Waals surface area contributed by atoms with Crippen molar-refractivity contribution < 1.29 is 13.9 Å². The van der Waals surface area contributed by atoms with Crippen LogP contribution in [0.1, 0.15) is 31.9 Å². The van der Waals surface area contributed by atoms with E-state index in [2.05, 4.69) is 19.2 Å². The SMILES string of the molecule is CCOCCOCc1cc(CNC(C)C)ccc1F. The van der Waals surface area contributed by atoms with Gasteiger partial charge in [-0.15, -0.1) is 0 Å². The van der Waals surface area contributed by atoms with Gasteiger partial charge in [-0.05, 0) is 24.6 Å². The predicted molar refractivity (Wildman–Crippen MR) is 74.5 cm³/mol. The van der Waals surface area contributed by atoms with Gasteiger partial charge in [0.25, 0.3) is 0 Å². The third-order valence-electron chi connectivity index (χ3n) is 2.66. The normalized spacial score (nSPS) is 11.2. The van der Waals surface area contributed by atoms with Crippen molar-refractivity contribution in [3.05, 3.63) is 35.1 Å². The van der Waals surface area contributed by atoms with Gasteiger partial charge >= 0.3 is 0 Å². The molecule has 4 heteroatoms. The molecule has 3 nitrogen and oxygen atoms in total. The molecular weight excluding hydrogens is 245 g/mol. The van der Waals surface area contributed by atoms with E-state index < -0.39 is 0 Å². The van der Waals surface area contributed by atoms with Crippen LogP contribution in [-0.4, -0.2) is 25.9 Å². The number of ether oxygens (including phenoxy) is 2. The Balaban J connectivity index is 2.44. The highest BCUT2D eigenvalue weighted by Crippen LogP contribution is 2.12. The first-order chi connectivity index (χ1) is 9.13. The summed E-state index contributed by atoms with van der Waals surface area (Å²) < 4.78 is 24.2. The maximum absolute atomic E-state index is 13.6. The summed E-state index contributed by atoms with van der Waals surface area (Å²) in [7, 11) is 0. The molecule has 0 saturated heterocycles. The molecule has 0 heterocycles. The number of rotatable bonds is 9. The van der Waals surface area contributed by atoms with Gasteiger partial charge in [0, 0.05) is 24.8 Å². The fraction of sp³-hybridized carbons (Fsp3) is 0.600. The topological polar surface area (TPSA) is 30.5 Å². The van der Waals surface area contributed by atoms with E-state index in [0.29, 0.717) is 31.4 Å². The van der Waals surface area contributed by atoms with Crippen molar-refractivity contribution >= 4 is 0 Å². The minimum absolute atomic E-state index is 0.218. The predicted octanol–water partition coefficient (Wildman–Crippen LogP) is 2.88. The van der Waals surface area contributed by atoms with Gasteiger partial charge in [-0.25, -0.2) is 4.39 Å². The van der Waals surface area contributed by atoms with Crippen molar-refractivity contribution in [2.24, 2.45) is 0 Å². The molecule has 0 atom stereocenters. The molecule has 0 spiro atoms. The Bertz CT molecular complexity index is 369. The summed E-state index contributed by atoms with van der Waals surface area (Å²) in [6.07, 6.45) is 0. The van der Waals surface area contributed by atoms with Crippen LogP contribution in [0.5, 0.6) is 0 Å². The summed E-state index contributed by atoms with van der Waals surface area (Å²) in [5.74, 6) is -0.218. The molecular formula is C15H24FNO2. The summed E-state index contributed by atoms with van der Waals surface area (Å²) in [5, 5.41) is 3.31. The zero-order valence-electron chi connectivity index (χ0n) is 12.0. The summed E-state index contributed by atoms with van der Waals surface area (Å²) >= 11 is 0. The first-order valence-corrected chi connectivity index (χ1v) is 6.79. The fourth-order valence-corrected chi connectivity index (χ4v) is 1.61. The summed E-state index contributed by atoms with van der Waals surface area (Å²) in [4.78, 5) is 0. The highest BCUT2D eigenvalue weighted by atomic mass is 19.1. The van der Waals surface area contributed by atoms with Crippen LogP contribution in [0.4, 0.5) is 4.39 Å². The highest BCUT2D eigenvalue weighted by Gasteiger charge is 2.04. The molecule has 108 valence electrons. The molecule has 0 unspecified atom stereocenters. The van der Waals surface area contributed by atoms with Crippen LogP contribution in [0.15, 0.2) is 18.2 Å². The number of halogens is 1. The zero-order chi connectivity index (χ0) is 14.1. The Morgan fingerprint density at radius 2 is 1.95 bits per heavy atom. The molecule has 19 heavy (non-hydrogen) atoms. The van der Waals surface area contributed by atoms with Crippen LogP contribution >= 0.6 is 0 Å². The Morgan fingerprint density at radius 3 is 2.63 bits per heavy atom. The molecule has 0 saturated carbocycles. The fourth-order valence-electron chi connectivity index (χ4n) is 1.61. The number of hydrogen-bond donors (Lipinski definition) is 1. The van der Waals surface area contributed by atoms with Gasteiger partial charge in [-0.1, -0.05) is 19.9 Å². The van der Waals surface area contributed by atoms with Gasteiger partial charge in [0.2, 0.25) is 0 Å². The van der Waals surface area contributed by atoms with Gasteiger partial charge < -0.3 is 14.8 Å². The Labute approximate surface area is 115 Å². The monoisotopic (exact) mass is 269 g/mol. The van der Waals surface area contributed by atoms with Crippen molar-refractivity contribution in [1.29, 1.82) is 0 Å². The van der Waals surface area contributed by atoms with Crippen molar-refractivity contribution in [2.45, 2.75) is 40.0 Å². The minimum Gasteiger partial charge on any atom is -0.379 e. The van der Waals surface area contributed by atoms with Gasteiger partial charge in [0.1, 0.15) is 5.82 Å². The third-order valence-corrected chi connectivity index (χ3v) is 2.66. The standard InChI is InChI=1S/C15H24FNO2/c1-4-18-7-8-19-11-14-9-13(5-6-15(14)16)10-17-12(2)3/h5-6,9,12,17H,4,7-8,10-11H2,1-3H3. The van der Waals surface area contributed by atoms with Crippen molar-refractivity contribution in [3.63, 3.8) is 0 Å². The maximum Gasteiger partial charge on any atom is 0.128 e. The van der Waals surface area contributed by atoms with Crippen LogP contribution in [0.3, 0.4) is 0 Å². The van der Waals surface area contributed by atoms with E-state index >= 15 is 0 Å². The molecule has 0 radical (unpaired) electrons. The maximum atomic E-state index is 13.6. The molecule has 1 aromatic carbocycles. The molecule has 0 aliphatic rings. The second kappa shape index (κ2) is 9.02. The quantitative estimate of drug-likeness (QED) is 0.699. The first-order valence-electron chi connectivity index (χ1n) is 6.79. The lowest BCUT2D eigenvalue weighted by atomic mass is 10.1. The van der Waals surface area contributed by atoms with Gasteiger partial charge in [-0.2, -0.15) is 0 Å². The van der Waals surface area contributed by atoms with E-state index in [1.165, 1.54) is 6.07 Å². The number of hydrogen-bond acceptors (Lipinski definition) is 3. The molecule has 1 rings (SSSR count). The van der Waals surface area contributed by atoms with Crippen LogP contribution in [-0.2, 0) is 22.6 Å². The molecule has 0 aliphatic heterocycles. The van der Waals surface area contributed by atoms with Gasteiger partial charge in [0.15, 0.2) is 0 Å². The van der Waals surface area contributed by atoms with Crippen LogP contribution < -0.4 is 5.32 Å². The van der Waals surface area contributed by atoms with E-state index in [9.17, 15) is 4.39 Å². The van der Waals surface area contributed by atoms with E-state index in [0.717, 1.165) is 12.1 Å². The largest absolute Gasteiger partial charge is 0.379 e. The molecule has 0 aliphatic carbocycles. The summed E-state index contributed by atoms with van der Waals surface area (Å²) in [6.45, 7) is 8.84. The first kappa shape index (κ1) is 16.1. The smallest absolute Gasteiger partial charge is 0.128 e. The summed E-state index contributed by atoms with van der Waals surface area (Å²) in [6, 6.07) is 5.56. The Hall–Kier alpha value is -0.970. The van der Waals surface area contributed by atoms with Gasteiger partial charge in [-0.3, -0.25) is 0 Å².